The number of nitrogens with one attached hydrogen (secondary N) is 1. The number of sulfonamides is 1. The van der Waals surface area contributed by atoms with Gasteiger partial charge in [-0.3, -0.25) is 9.52 Å². The Hall–Kier alpha value is -3.75. The normalized spacial score (nSPS) is 11.5. The van der Waals surface area contributed by atoms with Crippen LogP contribution >= 0.6 is 11.6 Å². The predicted octanol–water partition coefficient (Wildman–Crippen LogP) is 5.81. The van der Waals surface area contributed by atoms with E-state index in [2.05, 4.69) is 4.72 Å². The molecule has 0 saturated heterocycles. The van der Waals surface area contributed by atoms with Gasteiger partial charge in [0.25, 0.3) is 10.0 Å². The lowest BCUT2D eigenvalue weighted by molar-refractivity contribution is -0.137. The molecule has 0 atom stereocenters. The molecule has 1 N–H and O–H groups in total. The fraction of sp³-hybridized carbons (Fsp3) is 0.130. The van der Waals surface area contributed by atoms with Gasteiger partial charge in [-0.05, 0) is 60.7 Å². The lowest BCUT2D eigenvalue weighted by Gasteiger charge is -2.16. The lowest BCUT2D eigenvalue weighted by atomic mass is 10.2. The van der Waals surface area contributed by atoms with E-state index in [0.29, 0.717) is 11.8 Å². The van der Waals surface area contributed by atoms with E-state index in [1.807, 2.05) is 6.07 Å². The van der Waals surface area contributed by atoms with Crippen LogP contribution in [0.25, 0.3) is 0 Å². The van der Waals surface area contributed by atoms with Crippen molar-refractivity contribution in [2.75, 3.05) is 16.7 Å². The number of anilines is 2. The van der Waals surface area contributed by atoms with E-state index in [0.717, 1.165) is 6.07 Å². The van der Waals surface area contributed by atoms with E-state index in [4.69, 9.17) is 16.3 Å². The number of carbonyl (C=O) groups excluding carboxylic acids is 1. The van der Waals surface area contributed by atoms with Crippen molar-refractivity contribution >= 4 is 38.9 Å². The van der Waals surface area contributed by atoms with Crippen molar-refractivity contribution in [3.8, 4) is 17.6 Å². The Labute approximate surface area is 204 Å². The van der Waals surface area contributed by atoms with Gasteiger partial charge in [-0.25, -0.2) is 8.42 Å². The molecule has 0 bridgehead atoms. The number of carbonyl (C=O) groups is 1. The Balaban J connectivity index is 1.83. The van der Waals surface area contributed by atoms with Gasteiger partial charge in [0.1, 0.15) is 17.6 Å². The first-order chi connectivity index (χ1) is 16.3. The maximum absolute atomic E-state index is 13.1. The zero-order chi connectivity index (χ0) is 26.0. The van der Waals surface area contributed by atoms with Crippen molar-refractivity contribution < 1.29 is 31.1 Å². The van der Waals surface area contributed by atoms with Crippen LogP contribution in [-0.2, 0) is 21.0 Å². The number of benzene rings is 3. The zero-order valence-corrected chi connectivity index (χ0v) is 19.8. The summed E-state index contributed by atoms with van der Waals surface area (Å²) in [6.45, 7) is 1.37. The van der Waals surface area contributed by atoms with Crippen LogP contribution in [0.1, 0.15) is 18.1 Å². The van der Waals surface area contributed by atoms with Crippen LogP contribution in [0, 0.1) is 11.3 Å². The fourth-order valence-electron chi connectivity index (χ4n) is 2.93. The van der Waals surface area contributed by atoms with Gasteiger partial charge in [0.05, 0.1) is 26.7 Å². The average molecular weight is 524 g/mol. The molecule has 12 heteroatoms. The Morgan fingerprint density at radius 1 is 1.09 bits per heavy atom. The van der Waals surface area contributed by atoms with Gasteiger partial charge >= 0.3 is 6.18 Å². The summed E-state index contributed by atoms with van der Waals surface area (Å²) < 4.78 is 72.5. The van der Waals surface area contributed by atoms with E-state index >= 15 is 0 Å². The summed E-state index contributed by atoms with van der Waals surface area (Å²) >= 11 is 5.60. The number of alkyl halides is 3. The van der Waals surface area contributed by atoms with Gasteiger partial charge in [-0.1, -0.05) is 11.6 Å². The van der Waals surface area contributed by atoms with Crippen molar-refractivity contribution in [2.24, 2.45) is 0 Å². The highest BCUT2D eigenvalue weighted by Crippen LogP contribution is 2.38. The molecule has 1 amide bonds. The highest BCUT2D eigenvalue weighted by Gasteiger charge is 2.33. The number of nitriles is 1. The Kier molecular flexibility index (Phi) is 7.28. The summed E-state index contributed by atoms with van der Waals surface area (Å²) in [6.07, 6.45) is -4.70. The minimum absolute atomic E-state index is 0.0333. The summed E-state index contributed by atoms with van der Waals surface area (Å²) in [5.41, 5.74) is -0.682. The van der Waals surface area contributed by atoms with Gasteiger partial charge in [0.2, 0.25) is 5.91 Å². The van der Waals surface area contributed by atoms with Crippen molar-refractivity contribution in [2.45, 2.75) is 18.0 Å². The Bertz CT molecular complexity index is 1420. The minimum atomic E-state index is -4.70. The van der Waals surface area contributed by atoms with Crippen LogP contribution in [0.15, 0.2) is 65.6 Å². The molecule has 0 aliphatic rings. The average Bonchev–Trinajstić information content (AvgIpc) is 2.79. The van der Waals surface area contributed by atoms with Crippen LogP contribution in [-0.4, -0.2) is 21.4 Å². The number of hydrogen-bond acceptors (Lipinski definition) is 5. The monoisotopic (exact) mass is 523 g/mol. The predicted molar refractivity (Wildman–Crippen MR) is 124 cm³/mol. The van der Waals surface area contributed by atoms with Crippen LogP contribution in [0.3, 0.4) is 0 Å². The van der Waals surface area contributed by atoms with E-state index in [-0.39, 0.29) is 33.6 Å². The molecule has 0 spiro atoms. The molecule has 0 aromatic heterocycles. The molecular weight excluding hydrogens is 507 g/mol. The molecular formula is C23H17ClF3N3O4S. The molecule has 7 nitrogen and oxygen atoms in total. The summed E-state index contributed by atoms with van der Waals surface area (Å²) in [5, 5.41) is 8.95. The quantitative estimate of drug-likeness (QED) is 0.440. The smallest absolute Gasteiger partial charge is 0.417 e. The molecule has 0 heterocycles. The van der Waals surface area contributed by atoms with Gasteiger partial charge in [0, 0.05) is 19.7 Å². The molecule has 182 valence electrons. The largest absolute Gasteiger partial charge is 0.456 e. The SMILES string of the molecule is CC(=O)N(C)c1ccc(S(=O)(=O)Nc2ccc(Oc3ccc(Cl)c(C(F)(F)F)c3)c(C#N)c2)cc1. The molecule has 0 saturated carbocycles. The standard InChI is InChI=1S/C23H17ClF3N3O4S/c1-14(31)30(2)17-4-7-19(8-5-17)35(32,33)29-16-3-10-22(15(11-16)13-28)34-18-6-9-21(24)20(12-18)23(25,26)27/h3-12,29H,1-2H3. The van der Waals surface area contributed by atoms with Crippen LogP contribution in [0.5, 0.6) is 11.5 Å². The third-order valence-corrected chi connectivity index (χ3v) is 6.56. The van der Waals surface area contributed by atoms with Crippen molar-refractivity contribution in [1.82, 2.24) is 0 Å². The maximum Gasteiger partial charge on any atom is 0.417 e. The number of halogens is 4. The second kappa shape index (κ2) is 9.85. The lowest BCUT2D eigenvalue weighted by Crippen LogP contribution is -2.22. The highest BCUT2D eigenvalue weighted by molar-refractivity contribution is 7.92. The third-order valence-electron chi connectivity index (χ3n) is 4.83. The molecule has 0 radical (unpaired) electrons. The summed E-state index contributed by atoms with van der Waals surface area (Å²) in [7, 11) is -2.50. The molecule has 0 aliphatic heterocycles. The number of amides is 1. The van der Waals surface area contributed by atoms with Crippen LogP contribution in [0.4, 0.5) is 24.5 Å². The first kappa shape index (κ1) is 25.9. The first-order valence-electron chi connectivity index (χ1n) is 9.78. The highest BCUT2D eigenvalue weighted by atomic mass is 35.5. The summed E-state index contributed by atoms with van der Waals surface area (Å²) in [6, 6.07) is 14.1. The molecule has 3 aromatic carbocycles. The summed E-state index contributed by atoms with van der Waals surface area (Å²) in [4.78, 5) is 12.7. The van der Waals surface area contributed by atoms with Crippen molar-refractivity contribution in [3.05, 3.63) is 76.8 Å². The number of hydrogen-bond donors (Lipinski definition) is 1. The second-order valence-electron chi connectivity index (χ2n) is 7.24. The van der Waals surface area contributed by atoms with E-state index in [9.17, 15) is 31.6 Å². The van der Waals surface area contributed by atoms with Gasteiger partial charge in [-0.2, -0.15) is 18.4 Å². The number of nitrogens with zero attached hydrogens (tertiary/aromatic N) is 2. The van der Waals surface area contributed by atoms with E-state index in [1.54, 1.807) is 7.05 Å². The minimum Gasteiger partial charge on any atom is -0.456 e. The number of ether oxygens (including phenoxy) is 1. The van der Waals surface area contributed by atoms with E-state index in [1.165, 1.54) is 60.4 Å². The maximum atomic E-state index is 13.1. The Morgan fingerprint density at radius 3 is 2.31 bits per heavy atom. The second-order valence-corrected chi connectivity index (χ2v) is 9.33. The van der Waals surface area contributed by atoms with Crippen LogP contribution < -0.4 is 14.4 Å². The molecule has 35 heavy (non-hydrogen) atoms. The molecule has 0 aliphatic carbocycles. The Morgan fingerprint density at radius 2 is 1.74 bits per heavy atom. The third kappa shape index (κ3) is 6.03. The van der Waals surface area contributed by atoms with Gasteiger partial charge in [-0.15, -0.1) is 0 Å². The molecule has 3 rings (SSSR count). The summed E-state index contributed by atoms with van der Waals surface area (Å²) in [5.74, 6) is -0.511. The first-order valence-corrected chi connectivity index (χ1v) is 11.6. The zero-order valence-electron chi connectivity index (χ0n) is 18.2. The topological polar surface area (TPSA) is 99.5 Å². The fourth-order valence-corrected chi connectivity index (χ4v) is 4.20. The van der Waals surface area contributed by atoms with Crippen molar-refractivity contribution in [3.63, 3.8) is 0 Å². The van der Waals surface area contributed by atoms with Gasteiger partial charge in [0.15, 0.2) is 0 Å². The molecule has 3 aromatic rings. The van der Waals surface area contributed by atoms with E-state index < -0.39 is 26.8 Å². The van der Waals surface area contributed by atoms with Crippen molar-refractivity contribution in [1.29, 1.82) is 5.26 Å². The van der Waals surface area contributed by atoms with Gasteiger partial charge < -0.3 is 9.64 Å². The molecule has 0 unspecified atom stereocenters. The molecule has 0 fully saturated rings. The van der Waals surface area contributed by atoms with Crippen LogP contribution in [0.2, 0.25) is 5.02 Å². The number of rotatable bonds is 6.